The van der Waals surface area contributed by atoms with Gasteiger partial charge in [-0.1, -0.05) is 29.3 Å². The molecule has 164 valence electrons. The molecule has 3 aromatic heterocycles. The highest BCUT2D eigenvalue weighted by Gasteiger charge is 2.12. The number of nitrogens with one attached hydrogen (secondary N) is 2. The quantitative estimate of drug-likeness (QED) is 0.321. The monoisotopic (exact) mass is 478 g/mol. The summed E-state index contributed by atoms with van der Waals surface area (Å²) >= 11 is 12.2. The van der Waals surface area contributed by atoms with Gasteiger partial charge in [-0.3, -0.25) is 14.8 Å². The Balaban J connectivity index is 1.31. The molecule has 0 aliphatic rings. The average Bonchev–Trinajstić information content (AvgIpc) is 3.16. The first-order chi connectivity index (χ1) is 16.0. The highest BCUT2D eigenvalue weighted by molar-refractivity contribution is 6.35. The molecule has 0 saturated heterocycles. The summed E-state index contributed by atoms with van der Waals surface area (Å²) in [7, 11) is 0. The number of aromatic nitrogens is 3. The molecule has 0 aliphatic heterocycles. The Morgan fingerprint density at radius 1 is 1.06 bits per heavy atom. The van der Waals surface area contributed by atoms with Crippen LogP contribution in [0.25, 0.3) is 21.8 Å². The Morgan fingerprint density at radius 3 is 2.82 bits per heavy atom. The Kier molecular flexibility index (Phi) is 5.70. The van der Waals surface area contributed by atoms with E-state index in [1.54, 1.807) is 36.8 Å². The van der Waals surface area contributed by atoms with Crippen LogP contribution in [-0.4, -0.2) is 20.9 Å². The average molecular weight is 479 g/mol. The fourth-order valence-corrected chi connectivity index (χ4v) is 4.13. The molecule has 5 nitrogen and oxygen atoms in total. The van der Waals surface area contributed by atoms with Crippen molar-refractivity contribution in [3.63, 3.8) is 0 Å². The van der Waals surface area contributed by atoms with Crippen LogP contribution < -0.4 is 5.32 Å². The Hall–Kier alpha value is -3.48. The molecule has 0 spiro atoms. The van der Waals surface area contributed by atoms with Gasteiger partial charge in [-0.25, -0.2) is 4.39 Å². The van der Waals surface area contributed by atoms with Crippen molar-refractivity contribution in [1.29, 1.82) is 0 Å². The van der Waals surface area contributed by atoms with Crippen LogP contribution in [-0.2, 0) is 13.0 Å². The first-order valence-electron chi connectivity index (χ1n) is 10.2. The number of carbonyl (C=O) groups excluding carboxylic acids is 1. The van der Waals surface area contributed by atoms with Crippen molar-refractivity contribution in [1.82, 2.24) is 20.3 Å². The number of benzene rings is 2. The van der Waals surface area contributed by atoms with E-state index in [1.165, 1.54) is 6.07 Å². The summed E-state index contributed by atoms with van der Waals surface area (Å²) in [6.45, 7) is 0.0399. The van der Waals surface area contributed by atoms with Gasteiger partial charge in [-0.05, 0) is 48.0 Å². The largest absolute Gasteiger partial charge is 0.360 e. The summed E-state index contributed by atoms with van der Waals surface area (Å²) in [5.41, 5.74) is 4.04. The zero-order chi connectivity index (χ0) is 22.9. The molecular weight excluding hydrogens is 462 g/mol. The van der Waals surface area contributed by atoms with E-state index in [1.807, 2.05) is 24.3 Å². The van der Waals surface area contributed by atoms with Crippen molar-refractivity contribution in [2.24, 2.45) is 0 Å². The van der Waals surface area contributed by atoms with E-state index < -0.39 is 5.82 Å². The van der Waals surface area contributed by atoms with E-state index in [0.717, 1.165) is 22.2 Å². The van der Waals surface area contributed by atoms with Crippen molar-refractivity contribution in [3.05, 3.63) is 105 Å². The van der Waals surface area contributed by atoms with Crippen molar-refractivity contribution in [3.8, 4) is 0 Å². The highest BCUT2D eigenvalue weighted by atomic mass is 35.5. The third-order valence-corrected chi connectivity index (χ3v) is 5.93. The van der Waals surface area contributed by atoms with E-state index in [2.05, 4.69) is 20.3 Å². The first-order valence-corrected chi connectivity index (χ1v) is 10.9. The summed E-state index contributed by atoms with van der Waals surface area (Å²) in [4.78, 5) is 24.3. The zero-order valence-electron chi connectivity index (χ0n) is 17.2. The lowest BCUT2D eigenvalue weighted by molar-refractivity contribution is 0.0950. The Labute approximate surface area is 198 Å². The molecule has 0 bridgehead atoms. The van der Waals surface area contributed by atoms with E-state index in [0.29, 0.717) is 38.5 Å². The predicted molar refractivity (Wildman–Crippen MR) is 128 cm³/mol. The van der Waals surface area contributed by atoms with Crippen molar-refractivity contribution < 1.29 is 9.18 Å². The van der Waals surface area contributed by atoms with Crippen LogP contribution in [0.3, 0.4) is 0 Å². The standard InChI is InChI=1S/C25H17Cl2FN4O/c26-18-7-16-5-14(1-2-23(16)30-12-18)6-19-8-15(3-4-29-19)25(33)32-11-17-9-20-21(27)13-31-24(20)10-22(17)28/h1-5,7-10,12-13,31H,6,11H2,(H,32,33). The molecule has 0 saturated carbocycles. The summed E-state index contributed by atoms with van der Waals surface area (Å²) in [6, 6.07) is 14.2. The normalized spacial score (nSPS) is 11.2. The van der Waals surface area contributed by atoms with Gasteiger partial charge < -0.3 is 10.3 Å². The smallest absolute Gasteiger partial charge is 0.251 e. The molecule has 0 radical (unpaired) electrons. The van der Waals surface area contributed by atoms with Crippen LogP contribution in [0.1, 0.15) is 27.2 Å². The fourth-order valence-electron chi connectivity index (χ4n) is 3.76. The van der Waals surface area contributed by atoms with E-state index >= 15 is 0 Å². The second-order valence-electron chi connectivity index (χ2n) is 7.70. The third-order valence-electron chi connectivity index (χ3n) is 5.41. The van der Waals surface area contributed by atoms with Crippen LogP contribution in [0.5, 0.6) is 0 Å². The summed E-state index contributed by atoms with van der Waals surface area (Å²) in [5.74, 6) is -0.726. The topological polar surface area (TPSA) is 70.7 Å². The van der Waals surface area contributed by atoms with Gasteiger partial charge in [0.05, 0.1) is 15.6 Å². The molecule has 2 aromatic carbocycles. The van der Waals surface area contributed by atoms with Gasteiger partial charge in [-0.15, -0.1) is 0 Å². The van der Waals surface area contributed by atoms with Gasteiger partial charge >= 0.3 is 0 Å². The lowest BCUT2D eigenvalue weighted by atomic mass is 10.0. The minimum Gasteiger partial charge on any atom is -0.360 e. The number of fused-ring (bicyclic) bond motifs is 2. The van der Waals surface area contributed by atoms with Gasteiger partial charge in [0.2, 0.25) is 0 Å². The molecule has 33 heavy (non-hydrogen) atoms. The van der Waals surface area contributed by atoms with E-state index in [-0.39, 0.29) is 12.5 Å². The predicted octanol–water partition coefficient (Wildman–Crippen LogP) is 6.08. The van der Waals surface area contributed by atoms with Crippen molar-refractivity contribution in [2.45, 2.75) is 13.0 Å². The molecule has 8 heteroatoms. The molecule has 5 rings (SSSR count). The maximum Gasteiger partial charge on any atom is 0.251 e. The molecule has 1 amide bonds. The number of nitrogens with zero attached hydrogens (tertiary/aromatic N) is 2. The second-order valence-corrected chi connectivity index (χ2v) is 8.55. The lowest BCUT2D eigenvalue weighted by Crippen LogP contribution is -2.23. The van der Waals surface area contributed by atoms with Gasteiger partial charge in [0.1, 0.15) is 5.82 Å². The number of carbonyl (C=O) groups is 1. The molecule has 0 fully saturated rings. The first kappa shape index (κ1) is 21.4. The zero-order valence-corrected chi connectivity index (χ0v) is 18.7. The lowest BCUT2D eigenvalue weighted by Gasteiger charge is -2.09. The Morgan fingerprint density at radius 2 is 1.94 bits per heavy atom. The van der Waals surface area contributed by atoms with Gasteiger partial charge in [0, 0.05) is 64.7 Å². The van der Waals surface area contributed by atoms with Crippen LogP contribution in [0, 0.1) is 5.82 Å². The van der Waals surface area contributed by atoms with E-state index in [4.69, 9.17) is 23.2 Å². The second kappa shape index (κ2) is 8.81. The number of aromatic amines is 1. The van der Waals surface area contributed by atoms with Crippen LogP contribution >= 0.6 is 23.2 Å². The van der Waals surface area contributed by atoms with Crippen LogP contribution in [0.4, 0.5) is 4.39 Å². The molecule has 5 aromatic rings. The van der Waals surface area contributed by atoms with Crippen LogP contribution in [0.15, 0.2) is 67.1 Å². The van der Waals surface area contributed by atoms with Crippen molar-refractivity contribution in [2.75, 3.05) is 0 Å². The van der Waals surface area contributed by atoms with Crippen molar-refractivity contribution >= 4 is 50.9 Å². The SMILES string of the molecule is O=C(NCc1cc2c(Cl)c[nH]c2cc1F)c1ccnc(Cc2ccc3ncc(Cl)cc3c2)c1. The highest BCUT2D eigenvalue weighted by Crippen LogP contribution is 2.26. The number of H-pyrrole nitrogens is 1. The van der Waals surface area contributed by atoms with Gasteiger partial charge in [0.15, 0.2) is 0 Å². The maximum atomic E-state index is 14.4. The molecule has 2 N–H and O–H groups in total. The fraction of sp³-hybridized carbons (Fsp3) is 0.0800. The third kappa shape index (κ3) is 4.53. The summed E-state index contributed by atoms with van der Waals surface area (Å²) in [6.07, 6.45) is 5.36. The molecule has 3 heterocycles. The number of hydrogen-bond donors (Lipinski definition) is 2. The maximum absolute atomic E-state index is 14.4. The minimum absolute atomic E-state index is 0.0399. The number of amides is 1. The molecule has 0 atom stereocenters. The Bertz CT molecular complexity index is 1520. The van der Waals surface area contributed by atoms with Crippen LogP contribution in [0.2, 0.25) is 10.0 Å². The van der Waals surface area contributed by atoms with Gasteiger partial charge in [-0.2, -0.15) is 0 Å². The minimum atomic E-state index is -0.414. The molecule has 0 aliphatic carbocycles. The number of hydrogen-bond acceptors (Lipinski definition) is 3. The summed E-state index contributed by atoms with van der Waals surface area (Å²) < 4.78 is 14.4. The summed E-state index contributed by atoms with van der Waals surface area (Å²) in [5, 5.41) is 5.50. The number of halogens is 3. The number of pyridine rings is 2. The molecule has 0 unspecified atom stereocenters. The van der Waals surface area contributed by atoms with E-state index in [9.17, 15) is 9.18 Å². The molecular formula is C25H17Cl2FN4O. The van der Waals surface area contributed by atoms with Gasteiger partial charge in [0.25, 0.3) is 5.91 Å². The number of rotatable bonds is 5.